The number of esters is 1. The van der Waals surface area contributed by atoms with Gasteiger partial charge < -0.3 is 9.84 Å². The van der Waals surface area contributed by atoms with Crippen molar-refractivity contribution >= 4 is 27.6 Å². The van der Waals surface area contributed by atoms with E-state index in [1.807, 2.05) is 21.6 Å². The maximum Gasteiger partial charge on any atom is 0.305 e. The Morgan fingerprint density at radius 2 is 1.87 bits per heavy atom. The van der Waals surface area contributed by atoms with E-state index < -0.39 is 0 Å². The number of hydrogen-bond donors (Lipinski definition) is 1. The third kappa shape index (κ3) is 8.12. The Labute approximate surface area is 147 Å². The fourth-order valence-electron chi connectivity index (χ4n) is 2.94. The molecule has 0 unspecified atom stereocenters. The molecule has 2 fully saturated rings. The lowest BCUT2D eigenvalue weighted by molar-refractivity contribution is -0.144. The van der Waals surface area contributed by atoms with Crippen molar-refractivity contribution in [1.29, 1.82) is 0 Å². The minimum absolute atomic E-state index is 0.0441. The molecule has 2 aliphatic heterocycles. The number of nitrogens with zero attached hydrogens (tertiary/aromatic N) is 2. The highest BCUT2D eigenvalue weighted by Gasteiger charge is 2.17. The molecule has 23 heavy (non-hydrogen) atoms. The molecule has 0 radical (unpaired) electrons. The Morgan fingerprint density at radius 3 is 2.52 bits per heavy atom. The molecule has 0 aromatic carbocycles. The fourth-order valence-corrected chi connectivity index (χ4v) is 5.97. The minimum atomic E-state index is -0.0441. The van der Waals surface area contributed by atoms with Crippen molar-refractivity contribution in [3.8, 4) is 0 Å². The van der Waals surface area contributed by atoms with Crippen molar-refractivity contribution in [2.24, 2.45) is 0 Å². The Hall–Kier alpha value is 0.0500. The molecule has 0 spiro atoms. The van der Waals surface area contributed by atoms with Crippen LogP contribution in [0.5, 0.6) is 0 Å². The molecular formula is C16H30N2O3S2. The SMILES string of the molecule is O=C(CCCC[C@@H]1CCSS1)OCCN1CCN(CCO)CC1. The molecule has 134 valence electrons. The molecular weight excluding hydrogens is 332 g/mol. The lowest BCUT2D eigenvalue weighted by atomic mass is 10.1. The second-order valence-electron chi connectivity index (χ2n) is 6.20. The molecule has 0 saturated carbocycles. The van der Waals surface area contributed by atoms with E-state index in [-0.39, 0.29) is 12.6 Å². The average Bonchev–Trinajstić information content (AvgIpc) is 3.07. The quantitative estimate of drug-likeness (QED) is 0.362. The average molecular weight is 363 g/mol. The van der Waals surface area contributed by atoms with Gasteiger partial charge in [-0.25, -0.2) is 0 Å². The van der Waals surface area contributed by atoms with Crippen LogP contribution in [-0.4, -0.2) is 84.4 Å². The third-order valence-corrected chi connectivity index (χ3v) is 7.44. The van der Waals surface area contributed by atoms with Crippen LogP contribution in [0.4, 0.5) is 0 Å². The Kier molecular flexibility index (Phi) is 9.75. The number of aliphatic hydroxyl groups excluding tert-OH is 1. The number of rotatable bonds is 10. The number of piperazine rings is 1. The summed E-state index contributed by atoms with van der Waals surface area (Å²) in [5.41, 5.74) is 0. The summed E-state index contributed by atoms with van der Waals surface area (Å²) < 4.78 is 5.35. The molecule has 0 aromatic rings. The normalized spacial score (nSPS) is 23.3. The van der Waals surface area contributed by atoms with E-state index in [9.17, 15) is 4.79 Å². The van der Waals surface area contributed by atoms with Gasteiger partial charge in [-0.1, -0.05) is 28.0 Å². The van der Waals surface area contributed by atoms with E-state index in [0.717, 1.165) is 57.4 Å². The number of carbonyl (C=O) groups excluding carboxylic acids is 1. The largest absolute Gasteiger partial charge is 0.464 e. The summed E-state index contributed by atoms with van der Waals surface area (Å²) in [7, 11) is 3.99. The molecule has 1 atom stereocenters. The molecule has 0 aliphatic carbocycles. The second-order valence-corrected chi connectivity index (χ2v) is 8.99. The van der Waals surface area contributed by atoms with Gasteiger partial charge in [0, 0.05) is 56.7 Å². The Balaban J connectivity index is 1.42. The first-order valence-corrected chi connectivity index (χ1v) is 11.2. The lowest BCUT2D eigenvalue weighted by Gasteiger charge is -2.34. The van der Waals surface area contributed by atoms with E-state index in [1.54, 1.807) is 0 Å². The molecule has 2 heterocycles. The van der Waals surface area contributed by atoms with Crippen LogP contribution in [0, 0.1) is 0 Å². The van der Waals surface area contributed by atoms with Crippen molar-refractivity contribution in [2.75, 3.05) is 58.2 Å². The molecule has 5 nitrogen and oxygen atoms in total. The predicted molar refractivity (Wildman–Crippen MR) is 97.8 cm³/mol. The minimum Gasteiger partial charge on any atom is -0.464 e. The zero-order valence-electron chi connectivity index (χ0n) is 14.0. The van der Waals surface area contributed by atoms with Crippen LogP contribution in [0.3, 0.4) is 0 Å². The Bertz CT molecular complexity index is 333. The number of aliphatic hydroxyl groups is 1. The smallest absolute Gasteiger partial charge is 0.305 e. The highest BCUT2D eigenvalue weighted by Crippen LogP contribution is 2.39. The molecule has 2 saturated heterocycles. The van der Waals surface area contributed by atoms with Gasteiger partial charge in [0.1, 0.15) is 6.61 Å². The van der Waals surface area contributed by atoms with Crippen LogP contribution in [0.1, 0.15) is 32.1 Å². The molecule has 7 heteroatoms. The van der Waals surface area contributed by atoms with Gasteiger partial charge in [0.05, 0.1) is 6.61 Å². The predicted octanol–water partition coefficient (Wildman–Crippen LogP) is 1.85. The first kappa shape index (κ1) is 19.4. The topological polar surface area (TPSA) is 53.0 Å². The zero-order valence-corrected chi connectivity index (χ0v) is 15.6. The highest BCUT2D eigenvalue weighted by molar-refractivity contribution is 8.77. The molecule has 0 amide bonds. The summed E-state index contributed by atoms with van der Waals surface area (Å²) >= 11 is 0. The van der Waals surface area contributed by atoms with Gasteiger partial charge in [0.15, 0.2) is 0 Å². The monoisotopic (exact) mass is 362 g/mol. The molecule has 1 N–H and O–H groups in total. The Morgan fingerprint density at radius 1 is 1.13 bits per heavy atom. The molecule has 0 bridgehead atoms. The zero-order chi connectivity index (χ0) is 16.3. The summed E-state index contributed by atoms with van der Waals surface area (Å²) in [6.07, 6.45) is 5.23. The summed E-state index contributed by atoms with van der Waals surface area (Å²) in [4.78, 5) is 16.3. The number of unbranched alkanes of at least 4 members (excludes halogenated alkanes) is 1. The lowest BCUT2D eigenvalue weighted by Crippen LogP contribution is -2.48. The highest BCUT2D eigenvalue weighted by atomic mass is 33.1. The number of carbonyl (C=O) groups is 1. The van der Waals surface area contributed by atoms with Gasteiger partial charge in [-0.3, -0.25) is 14.6 Å². The van der Waals surface area contributed by atoms with E-state index >= 15 is 0 Å². The number of β-amino-alcohol motifs (C(OH)–C–C–N with tert-alkyl or cyclic N) is 1. The standard InChI is InChI=1S/C16H30N2O3S2/c19-12-10-17-6-8-18(9-7-17)11-13-21-16(20)4-2-1-3-15-5-14-22-23-15/h15,19H,1-14H2/t15-/m1/s1. The van der Waals surface area contributed by atoms with Crippen LogP contribution in [0.2, 0.25) is 0 Å². The van der Waals surface area contributed by atoms with Crippen LogP contribution in [-0.2, 0) is 9.53 Å². The first-order chi connectivity index (χ1) is 11.3. The molecule has 2 rings (SSSR count). The van der Waals surface area contributed by atoms with Gasteiger partial charge in [0.25, 0.3) is 0 Å². The van der Waals surface area contributed by atoms with Crippen LogP contribution >= 0.6 is 21.6 Å². The van der Waals surface area contributed by atoms with Crippen molar-refractivity contribution in [3.05, 3.63) is 0 Å². The summed E-state index contributed by atoms with van der Waals surface area (Å²) in [6.45, 7) is 6.31. The van der Waals surface area contributed by atoms with Crippen molar-refractivity contribution in [3.63, 3.8) is 0 Å². The van der Waals surface area contributed by atoms with E-state index in [0.29, 0.717) is 13.0 Å². The van der Waals surface area contributed by atoms with Crippen molar-refractivity contribution in [2.45, 2.75) is 37.4 Å². The van der Waals surface area contributed by atoms with Crippen molar-refractivity contribution in [1.82, 2.24) is 9.80 Å². The van der Waals surface area contributed by atoms with Crippen LogP contribution in [0.25, 0.3) is 0 Å². The molecule has 0 aromatic heterocycles. The number of hydrogen-bond acceptors (Lipinski definition) is 7. The first-order valence-electron chi connectivity index (χ1n) is 8.77. The van der Waals surface area contributed by atoms with E-state index in [1.165, 1.54) is 18.6 Å². The number of ether oxygens (including phenoxy) is 1. The maximum atomic E-state index is 11.7. The van der Waals surface area contributed by atoms with Gasteiger partial charge in [-0.2, -0.15) is 0 Å². The van der Waals surface area contributed by atoms with Gasteiger partial charge in [-0.15, -0.1) is 0 Å². The van der Waals surface area contributed by atoms with Gasteiger partial charge in [0.2, 0.25) is 0 Å². The van der Waals surface area contributed by atoms with Crippen LogP contribution < -0.4 is 0 Å². The fraction of sp³-hybridized carbons (Fsp3) is 0.938. The van der Waals surface area contributed by atoms with Crippen LogP contribution in [0.15, 0.2) is 0 Å². The third-order valence-electron chi connectivity index (χ3n) is 4.44. The van der Waals surface area contributed by atoms with Gasteiger partial charge in [-0.05, 0) is 19.3 Å². The summed E-state index contributed by atoms with van der Waals surface area (Å²) in [6, 6.07) is 0. The summed E-state index contributed by atoms with van der Waals surface area (Å²) in [5.74, 6) is 1.24. The van der Waals surface area contributed by atoms with Crippen molar-refractivity contribution < 1.29 is 14.6 Å². The van der Waals surface area contributed by atoms with E-state index in [4.69, 9.17) is 9.84 Å². The van der Waals surface area contributed by atoms with E-state index in [2.05, 4.69) is 9.80 Å². The van der Waals surface area contributed by atoms with Gasteiger partial charge >= 0.3 is 5.97 Å². The summed E-state index contributed by atoms with van der Waals surface area (Å²) in [5, 5.41) is 9.73. The second kappa shape index (κ2) is 11.6. The molecule has 2 aliphatic rings. The maximum absolute atomic E-state index is 11.7.